The number of rotatable bonds is 5. The molecule has 0 aliphatic rings. The Morgan fingerprint density at radius 1 is 1.25 bits per heavy atom. The van der Waals surface area contributed by atoms with Crippen molar-refractivity contribution in [3.05, 3.63) is 35.6 Å². The molecule has 1 unspecified atom stereocenters. The molecule has 2 rings (SSSR count). The SMILES string of the molecule is CCNC(COC(C)(C)C)c1cc2cc(C)ccc2o1. The van der Waals surface area contributed by atoms with Gasteiger partial charge in [-0.1, -0.05) is 18.6 Å². The average molecular weight is 275 g/mol. The first-order chi connectivity index (χ1) is 9.39. The Balaban J connectivity index is 2.22. The third-order valence-corrected chi connectivity index (χ3v) is 3.17. The standard InChI is InChI=1S/C17H25NO2/c1-6-18-14(11-19-17(3,4)5)16-10-13-9-12(2)7-8-15(13)20-16/h7-10,14,18H,6,11H2,1-5H3. The van der Waals surface area contributed by atoms with E-state index < -0.39 is 0 Å². The summed E-state index contributed by atoms with van der Waals surface area (Å²) in [7, 11) is 0. The molecular formula is C17H25NO2. The first-order valence-corrected chi connectivity index (χ1v) is 7.26. The van der Waals surface area contributed by atoms with Gasteiger partial charge in [-0.05, 0) is 52.4 Å². The Hall–Kier alpha value is -1.32. The van der Waals surface area contributed by atoms with Gasteiger partial charge < -0.3 is 14.5 Å². The number of fused-ring (bicyclic) bond motifs is 1. The highest BCUT2D eigenvalue weighted by Crippen LogP contribution is 2.26. The number of hydrogen-bond donors (Lipinski definition) is 1. The van der Waals surface area contributed by atoms with Gasteiger partial charge in [-0.25, -0.2) is 0 Å². The van der Waals surface area contributed by atoms with Crippen molar-refractivity contribution >= 4 is 11.0 Å². The smallest absolute Gasteiger partial charge is 0.134 e. The second kappa shape index (κ2) is 5.98. The molecule has 3 nitrogen and oxygen atoms in total. The van der Waals surface area contributed by atoms with E-state index in [1.54, 1.807) is 0 Å². The minimum Gasteiger partial charge on any atom is -0.459 e. The van der Waals surface area contributed by atoms with Crippen LogP contribution in [0.5, 0.6) is 0 Å². The van der Waals surface area contributed by atoms with E-state index in [1.165, 1.54) is 5.56 Å². The molecule has 0 spiro atoms. The van der Waals surface area contributed by atoms with Gasteiger partial charge in [0, 0.05) is 5.39 Å². The van der Waals surface area contributed by atoms with Crippen molar-refractivity contribution in [1.29, 1.82) is 0 Å². The van der Waals surface area contributed by atoms with E-state index >= 15 is 0 Å². The lowest BCUT2D eigenvalue weighted by atomic mass is 10.1. The molecule has 20 heavy (non-hydrogen) atoms. The zero-order chi connectivity index (χ0) is 14.8. The number of hydrogen-bond acceptors (Lipinski definition) is 3. The maximum Gasteiger partial charge on any atom is 0.134 e. The van der Waals surface area contributed by atoms with E-state index in [0.717, 1.165) is 23.3 Å². The van der Waals surface area contributed by atoms with E-state index in [0.29, 0.717) is 6.61 Å². The summed E-state index contributed by atoms with van der Waals surface area (Å²) in [5, 5.41) is 4.58. The molecule has 0 amide bonds. The molecule has 1 atom stereocenters. The average Bonchev–Trinajstić information content (AvgIpc) is 2.75. The summed E-state index contributed by atoms with van der Waals surface area (Å²) in [5.74, 6) is 0.941. The van der Waals surface area contributed by atoms with E-state index in [9.17, 15) is 0 Å². The molecule has 2 aromatic rings. The number of likely N-dealkylation sites (N-methyl/N-ethyl adjacent to an activating group) is 1. The van der Waals surface area contributed by atoms with Gasteiger partial charge in [0.05, 0.1) is 18.2 Å². The molecule has 0 aliphatic carbocycles. The molecule has 3 heteroatoms. The summed E-state index contributed by atoms with van der Waals surface area (Å²) >= 11 is 0. The zero-order valence-electron chi connectivity index (χ0n) is 13.1. The highest BCUT2D eigenvalue weighted by atomic mass is 16.5. The van der Waals surface area contributed by atoms with Gasteiger partial charge in [-0.2, -0.15) is 0 Å². The Morgan fingerprint density at radius 3 is 2.65 bits per heavy atom. The van der Waals surface area contributed by atoms with Crippen LogP contribution in [0.25, 0.3) is 11.0 Å². The van der Waals surface area contributed by atoms with Crippen LogP contribution in [0.3, 0.4) is 0 Å². The summed E-state index contributed by atoms with van der Waals surface area (Å²) in [6.45, 7) is 11.9. The summed E-state index contributed by atoms with van der Waals surface area (Å²) in [4.78, 5) is 0. The predicted octanol–water partition coefficient (Wildman–Crippen LogP) is 4.21. The van der Waals surface area contributed by atoms with Crippen molar-refractivity contribution in [3.8, 4) is 0 Å². The van der Waals surface area contributed by atoms with Crippen molar-refractivity contribution < 1.29 is 9.15 Å². The van der Waals surface area contributed by atoms with Gasteiger partial charge in [0.1, 0.15) is 11.3 Å². The topological polar surface area (TPSA) is 34.4 Å². The zero-order valence-corrected chi connectivity index (χ0v) is 13.1. The van der Waals surface area contributed by atoms with Crippen LogP contribution in [0, 0.1) is 6.92 Å². The van der Waals surface area contributed by atoms with Crippen LogP contribution in [0.15, 0.2) is 28.7 Å². The highest BCUT2D eigenvalue weighted by molar-refractivity contribution is 5.78. The molecule has 110 valence electrons. The number of furan rings is 1. The van der Waals surface area contributed by atoms with Crippen molar-refractivity contribution in [3.63, 3.8) is 0 Å². The first-order valence-electron chi connectivity index (χ1n) is 7.26. The minimum atomic E-state index is -0.143. The minimum absolute atomic E-state index is 0.0898. The fraction of sp³-hybridized carbons (Fsp3) is 0.529. The number of ether oxygens (including phenoxy) is 1. The monoisotopic (exact) mass is 275 g/mol. The lowest BCUT2D eigenvalue weighted by molar-refractivity contribution is -0.0168. The van der Waals surface area contributed by atoms with Gasteiger partial charge >= 0.3 is 0 Å². The molecule has 1 aromatic carbocycles. The van der Waals surface area contributed by atoms with Gasteiger partial charge in [-0.3, -0.25) is 0 Å². The van der Waals surface area contributed by atoms with Crippen LogP contribution in [0.4, 0.5) is 0 Å². The quantitative estimate of drug-likeness (QED) is 0.887. The van der Waals surface area contributed by atoms with Crippen LogP contribution in [0.2, 0.25) is 0 Å². The van der Waals surface area contributed by atoms with Crippen LogP contribution in [0.1, 0.15) is 45.1 Å². The molecule has 0 bridgehead atoms. The molecule has 0 aliphatic heterocycles. The van der Waals surface area contributed by atoms with E-state index in [2.05, 4.69) is 58.1 Å². The maximum atomic E-state index is 5.96. The lowest BCUT2D eigenvalue weighted by Crippen LogP contribution is -2.30. The second-order valence-electron chi connectivity index (χ2n) is 6.22. The van der Waals surface area contributed by atoms with Crippen molar-refractivity contribution in [2.75, 3.05) is 13.2 Å². The van der Waals surface area contributed by atoms with E-state index in [4.69, 9.17) is 9.15 Å². The predicted molar refractivity (Wildman–Crippen MR) is 83.1 cm³/mol. The summed E-state index contributed by atoms with van der Waals surface area (Å²) in [5.41, 5.74) is 2.04. The Kier molecular flexibility index (Phi) is 4.51. The number of aryl methyl sites for hydroxylation is 1. The van der Waals surface area contributed by atoms with Gasteiger partial charge in [0.25, 0.3) is 0 Å². The van der Waals surface area contributed by atoms with Crippen molar-refractivity contribution in [2.24, 2.45) is 0 Å². The van der Waals surface area contributed by atoms with Crippen LogP contribution in [-0.4, -0.2) is 18.8 Å². The molecule has 0 radical (unpaired) electrons. The Labute approximate surface area is 121 Å². The van der Waals surface area contributed by atoms with Crippen LogP contribution < -0.4 is 5.32 Å². The van der Waals surface area contributed by atoms with E-state index in [1.807, 2.05) is 6.07 Å². The third kappa shape index (κ3) is 3.84. The molecule has 0 saturated heterocycles. The van der Waals surface area contributed by atoms with Crippen LogP contribution >= 0.6 is 0 Å². The Morgan fingerprint density at radius 2 is 2.00 bits per heavy atom. The van der Waals surface area contributed by atoms with Crippen molar-refractivity contribution in [1.82, 2.24) is 5.32 Å². The molecular weight excluding hydrogens is 250 g/mol. The number of benzene rings is 1. The second-order valence-corrected chi connectivity index (χ2v) is 6.22. The Bertz CT molecular complexity index is 566. The van der Waals surface area contributed by atoms with Gasteiger partial charge in [0.15, 0.2) is 0 Å². The molecule has 0 saturated carbocycles. The van der Waals surface area contributed by atoms with Crippen molar-refractivity contribution in [2.45, 2.75) is 46.3 Å². The lowest BCUT2D eigenvalue weighted by Gasteiger charge is -2.23. The fourth-order valence-electron chi connectivity index (χ4n) is 2.18. The highest BCUT2D eigenvalue weighted by Gasteiger charge is 2.19. The molecule has 0 fully saturated rings. The molecule has 1 aromatic heterocycles. The summed E-state index contributed by atoms with van der Waals surface area (Å²) in [6.07, 6.45) is 0. The molecule has 1 N–H and O–H groups in total. The number of nitrogens with one attached hydrogen (secondary N) is 1. The largest absolute Gasteiger partial charge is 0.459 e. The fourth-order valence-corrected chi connectivity index (χ4v) is 2.18. The van der Waals surface area contributed by atoms with Crippen LogP contribution in [-0.2, 0) is 4.74 Å². The molecule has 1 heterocycles. The maximum absolute atomic E-state index is 5.96. The summed E-state index contributed by atoms with van der Waals surface area (Å²) < 4.78 is 11.9. The normalized spacial score (nSPS) is 13.8. The van der Waals surface area contributed by atoms with E-state index in [-0.39, 0.29) is 11.6 Å². The third-order valence-electron chi connectivity index (χ3n) is 3.17. The van der Waals surface area contributed by atoms with Gasteiger partial charge in [-0.15, -0.1) is 0 Å². The van der Waals surface area contributed by atoms with Gasteiger partial charge in [0.2, 0.25) is 0 Å². The summed E-state index contributed by atoms with van der Waals surface area (Å²) in [6, 6.07) is 8.45. The first kappa shape index (κ1) is 15.1.